The summed E-state index contributed by atoms with van der Waals surface area (Å²) in [6.45, 7) is 1.70. The fraction of sp³-hybridized carbons (Fsp3) is 0.250. The standard InChI is InChI=1S/C20H24N6O/c1-21-20(23-14-19-24-15-25-26(19)2)22-12-13-27-18-11-7-6-10-17(18)16-8-4-3-5-9-16/h3-11,15H,12-14H2,1-2H3,(H2,21,22,23). The number of rotatable bonds is 7. The van der Waals surface area contributed by atoms with Gasteiger partial charge in [0, 0.05) is 19.7 Å². The molecule has 27 heavy (non-hydrogen) atoms. The number of para-hydroxylation sites is 1. The van der Waals surface area contributed by atoms with E-state index < -0.39 is 0 Å². The number of ether oxygens (including phenoxy) is 1. The van der Waals surface area contributed by atoms with Crippen LogP contribution in [0.2, 0.25) is 0 Å². The van der Waals surface area contributed by atoms with Crippen LogP contribution in [0.15, 0.2) is 65.9 Å². The van der Waals surface area contributed by atoms with Crippen LogP contribution in [-0.4, -0.2) is 40.9 Å². The van der Waals surface area contributed by atoms with Crippen molar-refractivity contribution >= 4 is 5.96 Å². The van der Waals surface area contributed by atoms with Gasteiger partial charge in [-0.2, -0.15) is 5.10 Å². The second-order valence-electron chi connectivity index (χ2n) is 5.86. The lowest BCUT2D eigenvalue weighted by Crippen LogP contribution is -2.39. The zero-order valence-corrected chi connectivity index (χ0v) is 15.6. The summed E-state index contributed by atoms with van der Waals surface area (Å²) in [6, 6.07) is 18.3. The van der Waals surface area contributed by atoms with Crippen molar-refractivity contribution in [3.05, 3.63) is 66.7 Å². The normalized spacial score (nSPS) is 11.3. The fourth-order valence-corrected chi connectivity index (χ4v) is 2.64. The highest BCUT2D eigenvalue weighted by molar-refractivity contribution is 5.79. The Bertz CT molecular complexity index is 875. The van der Waals surface area contributed by atoms with E-state index in [0.717, 1.165) is 22.7 Å². The quantitative estimate of drug-likeness (QED) is 0.382. The zero-order valence-electron chi connectivity index (χ0n) is 15.6. The van der Waals surface area contributed by atoms with E-state index in [4.69, 9.17) is 4.74 Å². The number of benzene rings is 2. The number of aryl methyl sites for hydroxylation is 1. The molecule has 2 aromatic carbocycles. The number of nitrogens with one attached hydrogen (secondary N) is 2. The summed E-state index contributed by atoms with van der Waals surface area (Å²) < 4.78 is 7.71. The van der Waals surface area contributed by atoms with Crippen LogP contribution in [0.4, 0.5) is 0 Å². The summed E-state index contributed by atoms with van der Waals surface area (Å²) in [6.07, 6.45) is 1.53. The van der Waals surface area contributed by atoms with Crippen molar-refractivity contribution in [1.29, 1.82) is 0 Å². The minimum Gasteiger partial charge on any atom is -0.491 e. The van der Waals surface area contributed by atoms with Crippen LogP contribution in [0.5, 0.6) is 5.75 Å². The molecule has 0 unspecified atom stereocenters. The summed E-state index contributed by atoms with van der Waals surface area (Å²) in [4.78, 5) is 8.39. The number of aliphatic imine (C=N–C) groups is 1. The highest BCUT2D eigenvalue weighted by Gasteiger charge is 2.06. The molecule has 140 valence electrons. The summed E-state index contributed by atoms with van der Waals surface area (Å²) in [5.74, 6) is 2.40. The molecule has 0 aliphatic heterocycles. The van der Waals surface area contributed by atoms with E-state index in [1.54, 1.807) is 11.7 Å². The summed E-state index contributed by atoms with van der Waals surface area (Å²) in [7, 11) is 3.59. The molecular formula is C20H24N6O. The average molecular weight is 364 g/mol. The number of hydrogen-bond donors (Lipinski definition) is 2. The van der Waals surface area contributed by atoms with E-state index in [1.165, 1.54) is 6.33 Å². The zero-order chi connectivity index (χ0) is 18.9. The molecule has 0 spiro atoms. The molecule has 7 heteroatoms. The molecule has 1 heterocycles. The van der Waals surface area contributed by atoms with Crippen molar-refractivity contribution in [2.24, 2.45) is 12.0 Å². The Morgan fingerprint density at radius 1 is 1.07 bits per heavy atom. The van der Waals surface area contributed by atoms with E-state index in [2.05, 4.69) is 43.9 Å². The predicted molar refractivity (Wildman–Crippen MR) is 107 cm³/mol. The summed E-state index contributed by atoms with van der Waals surface area (Å²) in [5.41, 5.74) is 2.23. The van der Waals surface area contributed by atoms with Gasteiger partial charge in [0.1, 0.15) is 24.5 Å². The molecule has 0 aliphatic carbocycles. The Kier molecular flexibility index (Phi) is 6.40. The second kappa shape index (κ2) is 9.38. The first-order chi connectivity index (χ1) is 13.3. The van der Waals surface area contributed by atoms with Gasteiger partial charge in [0.05, 0.1) is 13.1 Å². The van der Waals surface area contributed by atoms with Crippen molar-refractivity contribution in [2.75, 3.05) is 20.2 Å². The Hall–Kier alpha value is -3.35. The van der Waals surface area contributed by atoms with Gasteiger partial charge >= 0.3 is 0 Å². The maximum absolute atomic E-state index is 5.98. The van der Waals surface area contributed by atoms with Gasteiger partial charge in [0.2, 0.25) is 0 Å². The Morgan fingerprint density at radius 2 is 1.85 bits per heavy atom. The SMILES string of the molecule is CN=C(NCCOc1ccccc1-c1ccccc1)NCc1ncnn1C. The molecule has 0 amide bonds. The van der Waals surface area contributed by atoms with Crippen molar-refractivity contribution < 1.29 is 4.74 Å². The van der Waals surface area contributed by atoms with Crippen molar-refractivity contribution in [3.8, 4) is 16.9 Å². The molecule has 0 aliphatic rings. The highest BCUT2D eigenvalue weighted by atomic mass is 16.5. The van der Waals surface area contributed by atoms with Crippen LogP contribution < -0.4 is 15.4 Å². The topological polar surface area (TPSA) is 76.4 Å². The highest BCUT2D eigenvalue weighted by Crippen LogP contribution is 2.29. The Balaban J connectivity index is 1.49. The van der Waals surface area contributed by atoms with Crippen molar-refractivity contribution in [3.63, 3.8) is 0 Å². The third-order valence-electron chi connectivity index (χ3n) is 4.07. The number of nitrogens with zero attached hydrogens (tertiary/aromatic N) is 4. The molecule has 0 radical (unpaired) electrons. The average Bonchev–Trinajstić information content (AvgIpc) is 3.13. The minimum atomic E-state index is 0.522. The molecule has 1 aromatic heterocycles. The second-order valence-corrected chi connectivity index (χ2v) is 5.86. The van der Waals surface area contributed by atoms with E-state index in [9.17, 15) is 0 Å². The maximum Gasteiger partial charge on any atom is 0.191 e. The van der Waals surface area contributed by atoms with Crippen LogP contribution in [0.25, 0.3) is 11.1 Å². The first-order valence-electron chi connectivity index (χ1n) is 8.82. The van der Waals surface area contributed by atoms with Gasteiger partial charge in [0.25, 0.3) is 0 Å². The first-order valence-corrected chi connectivity index (χ1v) is 8.82. The summed E-state index contributed by atoms with van der Waals surface area (Å²) >= 11 is 0. The molecule has 2 N–H and O–H groups in total. The third kappa shape index (κ3) is 5.07. The molecule has 3 aromatic rings. The van der Waals surface area contributed by atoms with Gasteiger partial charge in [-0.05, 0) is 11.6 Å². The lowest BCUT2D eigenvalue weighted by molar-refractivity contribution is 0.323. The van der Waals surface area contributed by atoms with Crippen LogP contribution in [0.1, 0.15) is 5.82 Å². The largest absolute Gasteiger partial charge is 0.491 e. The van der Waals surface area contributed by atoms with Crippen molar-refractivity contribution in [1.82, 2.24) is 25.4 Å². The molecule has 0 atom stereocenters. The number of guanidine groups is 1. The lowest BCUT2D eigenvalue weighted by atomic mass is 10.1. The van der Waals surface area contributed by atoms with Gasteiger partial charge in [-0.3, -0.25) is 9.67 Å². The fourth-order valence-electron chi connectivity index (χ4n) is 2.64. The van der Waals surface area contributed by atoms with Gasteiger partial charge in [-0.15, -0.1) is 0 Å². The van der Waals surface area contributed by atoms with E-state index in [-0.39, 0.29) is 0 Å². The molecule has 0 bridgehead atoms. The summed E-state index contributed by atoms with van der Waals surface area (Å²) in [5, 5.41) is 10.5. The third-order valence-corrected chi connectivity index (χ3v) is 4.07. The molecule has 0 fully saturated rings. The molecule has 7 nitrogen and oxygen atoms in total. The van der Waals surface area contributed by atoms with E-state index in [1.807, 2.05) is 43.4 Å². The van der Waals surface area contributed by atoms with Crippen LogP contribution >= 0.6 is 0 Å². The van der Waals surface area contributed by atoms with Crippen LogP contribution in [0.3, 0.4) is 0 Å². The number of aromatic nitrogens is 3. The minimum absolute atomic E-state index is 0.522. The van der Waals surface area contributed by atoms with Gasteiger partial charge in [-0.1, -0.05) is 48.5 Å². The lowest BCUT2D eigenvalue weighted by Gasteiger charge is -2.14. The van der Waals surface area contributed by atoms with Crippen LogP contribution in [-0.2, 0) is 13.6 Å². The van der Waals surface area contributed by atoms with Gasteiger partial charge < -0.3 is 15.4 Å². The Morgan fingerprint density at radius 3 is 2.59 bits per heavy atom. The molecule has 3 rings (SSSR count). The maximum atomic E-state index is 5.98. The van der Waals surface area contributed by atoms with Crippen molar-refractivity contribution in [2.45, 2.75) is 6.54 Å². The van der Waals surface area contributed by atoms with Gasteiger partial charge in [-0.25, -0.2) is 4.98 Å². The Labute approximate surface area is 159 Å². The molecular weight excluding hydrogens is 340 g/mol. The van der Waals surface area contributed by atoms with Crippen LogP contribution in [0, 0.1) is 0 Å². The number of hydrogen-bond acceptors (Lipinski definition) is 4. The van der Waals surface area contributed by atoms with E-state index in [0.29, 0.717) is 25.7 Å². The smallest absolute Gasteiger partial charge is 0.191 e. The monoisotopic (exact) mass is 364 g/mol. The molecule has 0 saturated carbocycles. The first kappa shape index (κ1) is 18.4. The predicted octanol–water partition coefficient (Wildman–Crippen LogP) is 2.23. The molecule has 0 saturated heterocycles. The van der Waals surface area contributed by atoms with Gasteiger partial charge in [0.15, 0.2) is 5.96 Å². The van der Waals surface area contributed by atoms with E-state index >= 15 is 0 Å².